The molecular weight excluding hydrogens is 244 g/mol. The van der Waals surface area contributed by atoms with Crippen LogP contribution in [0, 0.1) is 5.92 Å². The van der Waals surface area contributed by atoms with Gasteiger partial charge in [0.2, 0.25) is 5.91 Å². The van der Waals surface area contributed by atoms with Gasteiger partial charge in [-0.2, -0.15) is 0 Å². The summed E-state index contributed by atoms with van der Waals surface area (Å²) in [5.74, 6) is 0.225. The molecule has 0 saturated heterocycles. The number of carbonyl (C=O) groups is 1. The fourth-order valence-corrected chi connectivity index (χ4v) is 3.71. The highest BCUT2D eigenvalue weighted by Gasteiger charge is 2.32. The van der Waals surface area contributed by atoms with Crippen LogP contribution in [0.1, 0.15) is 43.2 Å². The summed E-state index contributed by atoms with van der Waals surface area (Å²) in [5, 5.41) is 2.14. The molecule has 0 radical (unpaired) electrons. The van der Waals surface area contributed by atoms with Gasteiger partial charge in [0.15, 0.2) is 0 Å². The lowest BCUT2D eigenvalue weighted by atomic mass is 9.95. The summed E-state index contributed by atoms with van der Waals surface area (Å²) in [7, 11) is 0. The van der Waals surface area contributed by atoms with Gasteiger partial charge in [-0.15, -0.1) is 11.3 Å². The highest BCUT2D eigenvalue weighted by molar-refractivity contribution is 7.10. The zero-order valence-electron chi connectivity index (χ0n) is 11.2. The van der Waals surface area contributed by atoms with Crippen LogP contribution in [-0.2, 0) is 11.2 Å². The van der Waals surface area contributed by atoms with E-state index >= 15 is 0 Å². The number of thiophene rings is 1. The van der Waals surface area contributed by atoms with Crippen LogP contribution in [-0.4, -0.2) is 23.9 Å². The van der Waals surface area contributed by atoms with E-state index in [0.29, 0.717) is 6.54 Å². The first-order chi connectivity index (χ1) is 8.72. The molecule has 0 bridgehead atoms. The van der Waals surface area contributed by atoms with E-state index in [2.05, 4.69) is 23.3 Å². The van der Waals surface area contributed by atoms with Crippen LogP contribution in [0.2, 0.25) is 0 Å². The van der Waals surface area contributed by atoms with Gasteiger partial charge in [-0.3, -0.25) is 4.79 Å². The first-order valence-electron chi connectivity index (χ1n) is 6.79. The average Bonchev–Trinajstić information content (AvgIpc) is 2.86. The Balaban J connectivity index is 2.22. The van der Waals surface area contributed by atoms with E-state index in [0.717, 1.165) is 25.8 Å². The molecule has 2 heterocycles. The number of nitrogens with zero attached hydrogens (tertiary/aromatic N) is 1. The third-order valence-corrected chi connectivity index (χ3v) is 4.89. The maximum Gasteiger partial charge on any atom is 0.227 e. The minimum atomic E-state index is -0.0146. The first kappa shape index (κ1) is 13.6. The second-order valence-corrected chi connectivity index (χ2v) is 5.85. The van der Waals surface area contributed by atoms with E-state index in [1.807, 2.05) is 18.3 Å². The molecule has 3 nitrogen and oxygen atoms in total. The second kappa shape index (κ2) is 5.85. The van der Waals surface area contributed by atoms with Gasteiger partial charge < -0.3 is 10.6 Å². The van der Waals surface area contributed by atoms with Gasteiger partial charge in [-0.05, 0) is 36.3 Å². The number of hydrogen-bond donors (Lipinski definition) is 1. The molecule has 2 atom stereocenters. The van der Waals surface area contributed by atoms with Crippen LogP contribution in [0.15, 0.2) is 11.4 Å². The van der Waals surface area contributed by atoms with Crippen molar-refractivity contribution in [2.24, 2.45) is 11.7 Å². The molecule has 1 aliphatic heterocycles. The second-order valence-electron chi connectivity index (χ2n) is 4.85. The van der Waals surface area contributed by atoms with Crippen molar-refractivity contribution in [1.82, 2.24) is 4.90 Å². The van der Waals surface area contributed by atoms with Gasteiger partial charge in [-0.1, -0.05) is 13.8 Å². The summed E-state index contributed by atoms with van der Waals surface area (Å²) in [5.41, 5.74) is 7.06. The molecule has 2 N–H and O–H groups in total. The minimum absolute atomic E-state index is 0.0146. The SMILES string of the molecule is CCC(CN)C(=O)N1CCc2sccc2C1CC. The fraction of sp³-hybridized carbons (Fsp3) is 0.643. The Labute approximate surface area is 113 Å². The monoisotopic (exact) mass is 266 g/mol. The van der Waals surface area contributed by atoms with Gasteiger partial charge in [0, 0.05) is 18.0 Å². The molecule has 1 aliphatic rings. The van der Waals surface area contributed by atoms with Crippen molar-refractivity contribution >= 4 is 17.2 Å². The fourth-order valence-electron chi connectivity index (χ4n) is 2.78. The number of rotatable bonds is 4. The van der Waals surface area contributed by atoms with Crippen LogP contribution in [0.3, 0.4) is 0 Å². The van der Waals surface area contributed by atoms with Gasteiger partial charge in [0.25, 0.3) is 0 Å². The highest BCUT2D eigenvalue weighted by Crippen LogP contribution is 2.36. The lowest BCUT2D eigenvalue weighted by Crippen LogP contribution is -2.44. The lowest BCUT2D eigenvalue weighted by Gasteiger charge is -2.37. The van der Waals surface area contributed by atoms with Crippen LogP contribution in [0.25, 0.3) is 0 Å². The third kappa shape index (κ3) is 2.31. The van der Waals surface area contributed by atoms with Gasteiger partial charge in [0.05, 0.1) is 12.0 Å². The largest absolute Gasteiger partial charge is 0.335 e. The Morgan fingerprint density at radius 2 is 2.39 bits per heavy atom. The van der Waals surface area contributed by atoms with Crippen molar-refractivity contribution in [3.63, 3.8) is 0 Å². The van der Waals surface area contributed by atoms with Crippen molar-refractivity contribution < 1.29 is 4.79 Å². The van der Waals surface area contributed by atoms with Crippen LogP contribution < -0.4 is 5.73 Å². The molecule has 0 saturated carbocycles. The average molecular weight is 266 g/mol. The Morgan fingerprint density at radius 3 is 3.00 bits per heavy atom. The summed E-state index contributed by atoms with van der Waals surface area (Å²) < 4.78 is 0. The molecule has 0 fully saturated rings. The third-order valence-electron chi connectivity index (χ3n) is 3.89. The van der Waals surface area contributed by atoms with Gasteiger partial charge in [0.1, 0.15) is 0 Å². The number of nitrogens with two attached hydrogens (primary N) is 1. The standard InChI is InChI=1S/C14H22N2OS/c1-3-10(9-15)14(17)16-7-5-13-11(6-8-18-13)12(16)4-2/h6,8,10,12H,3-5,7,9,15H2,1-2H3. The number of amides is 1. The van der Waals surface area contributed by atoms with Crippen LogP contribution in [0.5, 0.6) is 0 Å². The topological polar surface area (TPSA) is 46.3 Å². The van der Waals surface area contributed by atoms with Crippen molar-refractivity contribution in [3.8, 4) is 0 Å². The lowest BCUT2D eigenvalue weighted by molar-refractivity contribution is -0.138. The zero-order chi connectivity index (χ0) is 13.1. The molecule has 0 spiro atoms. The number of hydrogen-bond acceptors (Lipinski definition) is 3. The smallest absolute Gasteiger partial charge is 0.227 e. The minimum Gasteiger partial charge on any atom is -0.335 e. The molecule has 4 heteroatoms. The predicted molar refractivity (Wildman–Crippen MR) is 75.6 cm³/mol. The summed E-state index contributed by atoms with van der Waals surface area (Å²) in [6, 6.07) is 2.44. The molecular formula is C14H22N2OS. The van der Waals surface area contributed by atoms with Crippen molar-refractivity contribution in [1.29, 1.82) is 0 Å². The maximum absolute atomic E-state index is 12.5. The number of fused-ring (bicyclic) bond motifs is 1. The Hall–Kier alpha value is -0.870. The van der Waals surface area contributed by atoms with Crippen LogP contribution >= 0.6 is 11.3 Å². The molecule has 2 unspecified atom stereocenters. The molecule has 1 amide bonds. The van der Waals surface area contributed by atoms with Gasteiger partial charge in [-0.25, -0.2) is 0 Å². The maximum atomic E-state index is 12.5. The van der Waals surface area contributed by atoms with E-state index in [1.165, 1.54) is 10.4 Å². The van der Waals surface area contributed by atoms with Crippen LogP contribution in [0.4, 0.5) is 0 Å². The number of carbonyl (C=O) groups excluding carboxylic acids is 1. The summed E-state index contributed by atoms with van der Waals surface area (Å²) >= 11 is 1.82. The molecule has 1 aromatic rings. The van der Waals surface area contributed by atoms with Crippen molar-refractivity contribution in [2.45, 2.75) is 39.2 Å². The van der Waals surface area contributed by atoms with E-state index in [9.17, 15) is 4.79 Å². The van der Waals surface area contributed by atoms with E-state index in [4.69, 9.17) is 5.73 Å². The molecule has 0 aliphatic carbocycles. The predicted octanol–water partition coefficient (Wildman–Crippen LogP) is 2.57. The Morgan fingerprint density at radius 1 is 1.61 bits per heavy atom. The van der Waals surface area contributed by atoms with Crippen molar-refractivity contribution in [2.75, 3.05) is 13.1 Å². The molecule has 18 heavy (non-hydrogen) atoms. The summed E-state index contributed by atoms with van der Waals surface area (Å²) in [6.45, 7) is 5.50. The normalized spacial score (nSPS) is 20.6. The Bertz CT molecular complexity index is 412. The Kier molecular flexibility index (Phi) is 4.40. The summed E-state index contributed by atoms with van der Waals surface area (Å²) in [4.78, 5) is 16.0. The molecule has 2 rings (SSSR count). The molecule has 1 aromatic heterocycles. The quantitative estimate of drug-likeness (QED) is 0.910. The summed E-state index contributed by atoms with van der Waals surface area (Å²) in [6.07, 6.45) is 2.81. The van der Waals surface area contributed by atoms with Gasteiger partial charge >= 0.3 is 0 Å². The molecule has 0 aromatic carbocycles. The zero-order valence-corrected chi connectivity index (χ0v) is 12.0. The van der Waals surface area contributed by atoms with E-state index < -0.39 is 0 Å². The van der Waals surface area contributed by atoms with Crippen molar-refractivity contribution in [3.05, 3.63) is 21.9 Å². The highest BCUT2D eigenvalue weighted by atomic mass is 32.1. The van der Waals surface area contributed by atoms with E-state index in [1.54, 1.807) is 0 Å². The first-order valence-corrected chi connectivity index (χ1v) is 7.67. The molecule has 100 valence electrons. The van der Waals surface area contributed by atoms with E-state index in [-0.39, 0.29) is 17.9 Å².